The standard InChI is InChI=1S/C21H25N3O4/c1-4-13-10-28-11-16-19(13)24(12(2)25)20(14-7-5-6-8-17(14)27-3)18-15(23-16)9-22-21(18)26/h4-8,13,16,19-20,23H,1,9-11H2,2-3H3,(H,22,26). The zero-order chi connectivity index (χ0) is 19.8. The van der Waals surface area contributed by atoms with Crippen LogP contribution < -0.4 is 15.4 Å². The lowest BCUT2D eigenvalue weighted by atomic mass is 9.87. The van der Waals surface area contributed by atoms with Crippen molar-refractivity contribution in [2.24, 2.45) is 5.92 Å². The summed E-state index contributed by atoms with van der Waals surface area (Å²) >= 11 is 0. The van der Waals surface area contributed by atoms with E-state index in [1.807, 2.05) is 35.2 Å². The molecule has 4 atom stereocenters. The van der Waals surface area contributed by atoms with Gasteiger partial charge in [0.25, 0.3) is 5.91 Å². The molecule has 1 aromatic rings. The number of hydrogen-bond donors (Lipinski definition) is 2. The molecule has 1 fully saturated rings. The van der Waals surface area contributed by atoms with Gasteiger partial charge in [0.2, 0.25) is 5.91 Å². The molecule has 0 aliphatic carbocycles. The van der Waals surface area contributed by atoms with Crippen molar-refractivity contribution >= 4 is 11.8 Å². The lowest BCUT2D eigenvalue weighted by Crippen LogP contribution is -2.59. The number of methoxy groups -OCH3 is 1. The summed E-state index contributed by atoms with van der Waals surface area (Å²) in [5, 5.41) is 6.38. The first-order chi connectivity index (χ1) is 13.6. The zero-order valence-electron chi connectivity index (χ0n) is 16.1. The highest BCUT2D eigenvalue weighted by molar-refractivity contribution is 5.99. The summed E-state index contributed by atoms with van der Waals surface area (Å²) in [7, 11) is 1.60. The third-order valence-electron chi connectivity index (χ3n) is 5.79. The van der Waals surface area contributed by atoms with Gasteiger partial charge in [0.05, 0.1) is 50.6 Å². The van der Waals surface area contributed by atoms with E-state index < -0.39 is 6.04 Å². The number of fused-ring (bicyclic) bond motifs is 1. The van der Waals surface area contributed by atoms with Crippen molar-refractivity contribution < 1.29 is 19.1 Å². The quantitative estimate of drug-likeness (QED) is 0.766. The van der Waals surface area contributed by atoms with E-state index in [2.05, 4.69) is 17.2 Å². The molecule has 0 saturated carbocycles. The summed E-state index contributed by atoms with van der Waals surface area (Å²) in [6.45, 7) is 6.87. The number of benzene rings is 1. The van der Waals surface area contributed by atoms with Crippen LogP contribution in [0.5, 0.6) is 5.75 Å². The maximum atomic E-state index is 13.0. The monoisotopic (exact) mass is 383 g/mol. The summed E-state index contributed by atoms with van der Waals surface area (Å²) in [5.74, 6) is 0.329. The molecule has 28 heavy (non-hydrogen) atoms. The molecular weight excluding hydrogens is 358 g/mol. The van der Waals surface area contributed by atoms with Crippen molar-refractivity contribution in [2.75, 3.05) is 26.9 Å². The van der Waals surface area contributed by atoms with Crippen LogP contribution in [0.4, 0.5) is 0 Å². The van der Waals surface area contributed by atoms with E-state index in [0.29, 0.717) is 31.1 Å². The number of amides is 2. The zero-order valence-corrected chi connectivity index (χ0v) is 16.1. The Labute approximate surface area is 164 Å². The molecule has 0 aromatic heterocycles. The minimum Gasteiger partial charge on any atom is -0.496 e. The highest BCUT2D eigenvalue weighted by Crippen LogP contribution is 2.42. The van der Waals surface area contributed by atoms with Crippen molar-refractivity contribution in [2.45, 2.75) is 25.0 Å². The van der Waals surface area contributed by atoms with Gasteiger partial charge in [-0.1, -0.05) is 24.3 Å². The van der Waals surface area contributed by atoms with E-state index >= 15 is 0 Å². The predicted octanol–water partition coefficient (Wildman–Crippen LogP) is 1.14. The number of ether oxygens (including phenoxy) is 2. The molecule has 0 radical (unpaired) electrons. The molecule has 1 aromatic carbocycles. The van der Waals surface area contributed by atoms with Gasteiger partial charge in [-0.3, -0.25) is 9.59 Å². The fourth-order valence-electron chi connectivity index (χ4n) is 4.60. The van der Waals surface area contributed by atoms with Gasteiger partial charge in [-0.25, -0.2) is 0 Å². The van der Waals surface area contributed by atoms with E-state index in [4.69, 9.17) is 9.47 Å². The second-order valence-electron chi connectivity index (χ2n) is 7.32. The Balaban J connectivity index is 1.94. The molecule has 0 bridgehead atoms. The van der Waals surface area contributed by atoms with Gasteiger partial charge in [0, 0.05) is 24.1 Å². The highest BCUT2D eigenvalue weighted by Gasteiger charge is 2.48. The Morgan fingerprint density at radius 1 is 1.36 bits per heavy atom. The normalized spacial score (nSPS) is 29.2. The Kier molecular flexibility index (Phi) is 4.85. The van der Waals surface area contributed by atoms with Gasteiger partial charge in [0.1, 0.15) is 5.75 Å². The van der Waals surface area contributed by atoms with Crippen LogP contribution >= 0.6 is 0 Å². The molecular formula is C21H25N3O4. The average molecular weight is 383 g/mol. The lowest BCUT2D eigenvalue weighted by molar-refractivity contribution is -0.138. The smallest absolute Gasteiger partial charge is 0.251 e. The van der Waals surface area contributed by atoms with E-state index in [9.17, 15) is 9.59 Å². The molecule has 1 saturated heterocycles. The molecule has 7 heteroatoms. The molecule has 148 valence electrons. The van der Waals surface area contributed by atoms with Crippen molar-refractivity contribution in [3.63, 3.8) is 0 Å². The number of nitrogens with zero attached hydrogens (tertiary/aromatic N) is 1. The Bertz CT molecular complexity index is 850. The second kappa shape index (κ2) is 7.31. The van der Waals surface area contributed by atoms with Crippen LogP contribution in [0, 0.1) is 5.92 Å². The molecule has 0 spiro atoms. The van der Waals surface area contributed by atoms with E-state index in [1.54, 1.807) is 14.0 Å². The van der Waals surface area contributed by atoms with Crippen molar-refractivity contribution in [1.29, 1.82) is 0 Å². The summed E-state index contributed by atoms with van der Waals surface area (Å²) < 4.78 is 11.3. The molecule has 2 N–H and O–H groups in total. The van der Waals surface area contributed by atoms with Gasteiger partial charge < -0.3 is 25.0 Å². The number of para-hydroxylation sites is 1. The van der Waals surface area contributed by atoms with Gasteiger partial charge in [-0.15, -0.1) is 6.58 Å². The number of rotatable bonds is 3. The highest BCUT2D eigenvalue weighted by atomic mass is 16.5. The fourth-order valence-corrected chi connectivity index (χ4v) is 4.60. The lowest BCUT2D eigenvalue weighted by Gasteiger charge is -2.45. The van der Waals surface area contributed by atoms with E-state index in [1.165, 1.54) is 0 Å². The van der Waals surface area contributed by atoms with E-state index in [0.717, 1.165) is 11.3 Å². The molecule has 7 nitrogen and oxygen atoms in total. The number of hydrogen-bond acceptors (Lipinski definition) is 5. The third-order valence-corrected chi connectivity index (χ3v) is 5.79. The van der Waals surface area contributed by atoms with Gasteiger partial charge in [-0.2, -0.15) is 0 Å². The van der Waals surface area contributed by atoms with Crippen LogP contribution in [-0.4, -0.2) is 55.7 Å². The number of nitrogens with one attached hydrogen (secondary N) is 2. The van der Waals surface area contributed by atoms with E-state index in [-0.39, 0.29) is 29.8 Å². The topological polar surface area (TPSA) is 79.9 Å². The van der Waals surface area contributed by atoms with Crippen LogP contribution in [0.2, 0.25) is 0 Å². The Morgan fingerprint density at radius 3 is 2.86 bits per heavy atom. The van der Waals surface area contributed by atoms with Crippen LogP contribution in [0.3, 0.4) is 0 Å². The maximum absolute atomic E-state index is 13.0. The fraction of sp³-hybridized carbons (Fsp3) is 0.429. The first-order valence-electron chi connectivity index (χ1n) is 9.46. The average Bonchev–Trinajstić information content (AvgIpc) is 2.97. The molecule has 3 aliphatic heterocycles. The first kappa shape index (κ1) is 18.6. The minimum absolute atomic E-state index is 0.0459. The van der Waals surface area contributed by atoms with Crippen LogP contribution in [0.25, 0.3) is 0 Å². The van der Waals surface area contributed by atoms with Crippen molar-refractivity contribution in [1.82, 2.24) is 15.5 Å². The van der Waals surface area contributed by atoms with Crippen LogP contribution in [-0.2, 0) is 14.3 Å². The minimum atomic E-state index is -0.547. The predicted molar refractivity (Wildman–Crippen MR) is 104 cm³/mol. The largest absolute Gasteiger partial charge is 0.496 e. The molecule has 3 aliphatic rings. The Morgan fingerprint density at radius 2 is 2.14 bits per heavy atom. The number of carbonyl (C=O) groups excluding carboxylic acids is 2. The first-order valence-corrected chi connectivity index (χ1v) is 9.46. The van der Waals surface area contributed by atoms with Crippen LogP contribution in [0.1, 0.15) is 18.5 Å². The molecule has 4 rings (SSSR count). The van der Waals surface area contributed by atoms with Crippen molar-refractivity contribution in [3.8, 4) is 5.75 Å². The summed E-state index contributed by atoms with van der Waals surface area (Å²) in [6, 6.07) is 6.69. The molecule has 4 unspecified atom stereocenters. The Hall–Kier alpha value is -2.80. The third kappa shape index (κ3) is 2.86. The summed E-state index contributed by atoms with van der Waals surface area (Å²) in [6.07, 6.45) is 1.84. The second-order valence-corrected chi connectivity index (χ2v) is 7.32. The SMILES string of the molecule is C=CC1COCC2NC3=C(C(=O)NC3)C(c3ccccc3OC)N(C(C)=O)C12. The van der Waals surface area contributed by atoms with Gasteiger partial charge in [-0.05, 0) is 6.07 Å². The maximum Gasteiger partial charge on any atom is 0.251 e. The molecule has 2 amide bonds. The molecule has 3 heterocycles. The van der Waals surface area contributed by atoms with Crippen molar-refractivity contribution in [3.05, 3.63) is 53.8 Å². The number of carbonyl (C=O) groups is 2. The summed E-state index contributed by atoms with van der Waals surface area (Å²) in [5.41, 5.74) is 2.17. The van der Waals surface area contributed by atoms with Crippen LogP contribution in [0.15, 0.2) is 48.2 Å². The van der Waals surface area contributed by atoms with Gasteiger partial charge >= 0.3 is 0 Å². The summed E-state index contributed by atoms with van der Waals surface area (Å²) in [4.78, 5) is 27.6. The van der Waals surface area contributed by atoms with Gasteiger partial charge in [0.15, 0.2) is 0 Å².